The molecule has 6 heteroatoms. The zero-order chi connectivity index (χ0) is 15.2. The molecule has 1 aliphatic heterocycles. The predicted molar refractivity (Wildman–Crippen MR) is 84.3 cm³/mol. The van der Waals surface area contributed by atoms with Gasteiger partial charge in [0.2, 0.25) is 5.91 Å². The summed E-state index contributed by atoms with van der Waals surface area (Å²) in [6.45, 7) is 6.73. The normalized spacial score (nSPS) is 16.0. The molecule has 0 spiro atoms. The van der Waals surface area contributed by atoms with Gasteiger partial charge in [-0.3, -0.25) is 4.79 Å². The Labute approximate surface area is 126 Å². The predicted octanol–water partition coefficient (Wildman–Crippen LogP) is 1.56. The number of aromatic nitrogens is 2. The van der Waals surface area contributed by atoms with Gasteiger partial charge < -0.3 is 16.0 Å². The van der Waals surface area contributed by atoms with Crippen molar-refractivity contribution in [3.8, 4) is 0 Å². The summed E-state index contributed by atoms with van der Waals surface area (Å²) < 4.78 is 0. The summed E-state index contributed by atoms with van der Waals surface area (Å²) in [5, 5.41) is 3.32. The van der Waals surface area contributed by atoms with Crippen LogP contribution in [-0.2, 0) is 11.2 Å². The highest BCUT2D eigenvalue weighted by Gasteiger charge is 2.24. The maximum atomic E-state index is 11.2. The average Bonchev–Trinajstić information content (AvgIpc) is 2.52. The highest BCUT2D eigenvalue weighted by atomic mass is 16.1. The van der Waals surface area contributed by atoms with Gasteiger partial charge in [-0.05, 0) is 19.3 Å². The van der Waals surface area contributed by atoms with Crippen LogP contribution in [0, 0.1) is 5.92 Å². The molecule has 1 aliphatic rings. The summed E-state index contributed by atoms with van der Waals surface area (Å²) in [5.41, 5.74) is 5.38. The lowest BCUT2D eigenvalue weighted by atomic mass is 9.96. The third kappa shape index (κ3) is 4.06. The van der Waals surface area contributed by atoms with Crippen LogP contribution in [0.15, 0.2) is 6.07 Å². The molecule has 0 aromatic carbocycles. The quantitative estimate of drug-likeness (QED) is 0.831. The lowest BCUT2D eigenvalue weighted by Gasteiger charge is -2.31. The number of anilines is 2. The standard InChI is InChI=1S/C15H25N5O/c1-3-7-17-13-10-14(19-12(4-2)18-13)20-8-5-11(6-9-20)15(16)21/h10-11H,3-9H2,1-2H3,(H2,16,21)(H,17,18,19). The molecule has 0 atom stereocenters. The average molecular weight is 291 g/mol. The number of carbonyl (C=O) groups excluding carboxylic acids is 1. The minimum Gasteiger partial charge on any atom is -0.370 e. The van der Waals surface area contributed by atoms with Crippen LogP contribution in [-0.4, -0.2) is 35.5 Å². The van der Waals surface area contributed by atoms with Crippen molar-refractivity contribution >= 4 is 17.5 Å². The lowest BCUT2D eigenvalue weighted by molar-refractivity contribution is -0.122. The number of carbonyl (C=O) groups is 1. The Hall–Kier alpha value is -1.85. The first-order valence-electron chi connectivity index (χ1n) is 7.80. The van der Waals surface area contributed by atoms with Gasteiger partial charge in [-0.15, -0.1) is 0 Å². The highest BCUT2D eigenvalue weighted by Crippen LogP contribution is 2.23. The fraction of sp³-hybridized carbons (Fsp3) is 0.667. The number of piperidine rings is 1. The van der Waals surface area contributed by atoms with Crippen molar-refractivity contribution in [2.75, 3.05) is 29.9 Å². The van der Waals surface area contributed by atoms with Crippen LogP contribution < -0.4 is 16.0 Å². The summed E-state index contributed by atoms with van der Waals surface area (Å²) in [4.78, 5) is 22.6. The molecule has 0 aliphatic carbocycles. The van der Waals surface area contributed by atoms with Crippen LogP contribution in [0.2, 0.25) is 0 Å². The molecule has 6 nitrogen and oxygen atoms in total. The molecule has 21 heavy (non-hydrogen) atoms. The van der Waals surface area contributed by atoms with Gasteiger partial charge in [0.25, 0.3) is 0 Å². The van der Waals surface area contributed by atoms with Gasteiger partial charge in [0.1, 0.15) is 17.5 Å². The first kappa shape index (κ1) is 15.5. The van der Waals surface area contributed by atoms with Crippen LogP contribution >= 0.6 is 0 Å². The Kier molecular flexibility index (Phi) is 5.36. The fourth-order valence-electron chi connectivity index (χ4n) is 2.54. The van der Waals surface area contributed by atoms with Gasteiger partial charge in [-0.1, -0.05) is 13.8 Å². The summed E-state index contributed by atoms with van der Waals surface area (Å²) in [6.07, 6.45) is 3.48. The first-order chi connectivity index (χ1) is 10.1. The summed E-state index contributed by atoms with van der Waals surface area (Å²) in [5.74, 6) is 2.51. The second-order valence-corrected chi connectivity index (χ2v) is 5.47. The number of amides is 1. The third-order valence-corrected chi connectivity index (χ3v) is 3.85. The molecule has 1 saturated heterocycles. The largest absolute Gasteiger partial charge is 0.370 e. The van der Waals surface area contributed by atoms with E-state index >= 15 is 0 Å². The molecular formula is C15H25N5O. The maximum Gasteiger partial charge on any atom is 0.220 e. The summed E-state index contributed by atoms with van der Waals surface area (Å²) >= 11 is 0. The van der Waals surface area contributed by atoms with E-state index in [0.717, 1.165) is 62.8 Å². The molecule has 0 radical (unpaired) electrons. The Morgan fingerprint density at radius 3 is 2.67 bits per heavy atom. The summed E-state index contributed by atoms with van der Waals surface area (Å²) in [6, 6.07) is 2.00. The van der Waals surface area contributed by atoms with E-state index in [1.54, 1.807) is 0 Å². The molecular weight excluding hydrogens is 266 g/mol. The second-order valence-electron chi connectivity index (χ2n) is 5.47. The number of aryl methyl sites for hydroxylation is 1. The molecule has 0 unspecified atom stereocenters. The summed E-state index contributed by atoms with van der Waals surface area (Å²) in [7, 11) is 0. The molecule has 1 aromatic rings. The Morgan fingerprint density at radius 1 is 1.38 bits per heavy atom. The molecule has 2 rings (SSSR count). The van der Waals surface area contributed by atoms with Gasteiger partial charge in [-0.25, -0.2) is 9.97 Å². The van der Waals surface area contributed by atoms with Gasteiger partial charge in [0.05, 0.1) is 0 Å². The van der Waals surface area contributed by atoms with E-state index in [1.807, 2.05) is 6.07 Å². The fourth-order valence-corrected chi connectivity index (χ4v) is 2.54. The van der Waals surface area contributed by atoms with Gasteiger partial charge in [0, 0.05) is 38.0 Å². The van der Waals surface area contributed by atoms with E-state index in [4.69, 9.17) is 5.73 Å². The molecule has 1 amide bonds. The monoisotopic (exact) mass is 291 g/mol. The van der Waals surface area contributed by atoms with E-state index < -0.39 is 0 Å². The number of hydrogen-bond acceptors (Lipinski definition) is 5. The topological polar surface area (TPSA) is 84.1 Å². The van der Waals surface area contributed by atoms with Crippen molar-refractivity contribution in [3.05, 3.63) is 11.9 Å². The van der Waals surface area contributed by atoms with Gasteiger partial charge in [-0.2, -0.15) is 0 Å². The van der Waals surface area contributed by atoms with Crippen molar-refractivity contribution in [3.63, 3.8) is 0 Å². The smallest absolute Gasteiger partial charge is 0.220 e. The number of primary amides is 1. The van der Waals surface area contributed by atoms with Crippen LogP contribution in [0.5, 0.6) is 0 Å². The molecule has 2 heterocycles. The lowest BCUT2D eigenvalue weighted by Crippen LogP contribution is -2.39. The highest BCUT2D eigenvalue weighted by molar-refractivity contribution is 5.77. The number of hydrogen-bond donors (Lipinski definition) is 2. The van der Waals surface area contributed by atoms with Crippen LogP contribution in [0.4, 0.5) is 11.6 Å². The Morgan fingerprint density at radius 2 is 2.10 bits per heavy atom. The van der Waals surface area contributed by atoms with Crippen LogP contribution in [0.25, 0.3) is 0 Å². The molecule has 1 aromatic heterocycles. The second kappa shape index (κ2) is 7.24. The van der Waals surface area contributed by atoms with Crippen molar-refractivity contribution < 1.29 is 4.79 Å². The van der Waals surface area contributed by atoms with Gasteiger partial charge in [0.15, 0.2) is 0 Å². The number of rotatable bonds is 6. The minimum atomic E-state index is -0.183. The van der Waals surface area contributed by atoms with Crippen molar-refractivity contribution in [2.45, 2.75) is 39.5 Å². The zero-order valence-electron chi connectivity index (χ0n) is 12.9. The number of nitrogens with one attached hydrogen (secondary N) is 1. The van der Waals surface area contributed by atoms with Gasteiger partial charge >= 0.3 is 0 Å². The van der Waals surface area contributed by atoms with E-state index in [1.165, 1.54) is 0 Å². The van der Waals surface area contributed by atoms with Crippen molar-refractivity contribution in [1.82, 2.24) is 9.97 Å². The first-order valence-corrected chi connectivity index (χ1v) is 7.80. The Balaban J connectivity index is 2.10. The van der Waals surface area contributed by atoms with E-state index in [9.17, 15) is 4.79 Å². The number of nitrogens with zero attached hydrogens (tertiary/aromatic N) is 3. The van der Waals surface area contributed by atoms with Crippen LogP contribution in [0.3, 0.4) is 0 Å². The maximum absolute atomic E-state index is 11.2. The molecule has 0 saturated carbocycles. The van der Waals surface area contributed by atoms with E-state index in [2.05, 4.69) is 34.0 Å². The third-order valence-electron chi connectivity index (χ3n) is 3.85. The SMILES string of the molecule is CCCNc1cc(N2CCC(C(N)=O)CC2)nc(CC)n1. The number of nitrogens with two attached hydrogens (primary N) is 1. The molecule has 116 valence electrons. The molecule has 3 N–H and O–H groups in total. The van der Waals surface area contributed by atoms with Crippen LogP contribution in [0.1, 0.15) is 38.9 Å². The zero-order valence-corrected chi connectivity index (χ0v) is 12.9. The molecule has 0 bridgehead atoms. The Bertz CT molecular complexity index is 483. The van der Waals surface area contributed by atoms with Crippen molar-refractivity contribution in [1.29, 1.82) is 0 Å². The van der Waals surface area contributed by atoms with E-state index in [0.29, 0.717) is 0 Å². The van der Waals surface area contributed by atoms with Crippen molar-refractivity contribution in [2.24, 2.45) is 11.7 Å². The van der Waals surface area contributed by atoms with E-state index in [-0.39, 0.29) is 11.8 Å². The molecule has 1 fully saturated rings. The minimum absolute atomic E-state index is 0.00594.